The Morgan fingerprint density at radius 2 is 1.84 bits per heavy atom. The van der Waals surface area contributed by atoms with Crippen LogP contribution in [0.2, 0.25) is 0 Å². The Bertz CT molecular complexity index is 1040. The molecule has 2 amide bonds. The summed E-state index contributed by atoms with van der Waals surface area (Å²) >= 11 is 1.18. The van der Waals surface area contributed by atoms with Crippen LogP contribution in [-0.2, 0) is 16.0 Å². The molecule has 0 saturated heterocycles. The van der Waals surface area contributed by atoms with Crippen molar-refractivity contribution in [1.82, 2.24) is 20.2 Å². The van der Waals surface area contributed by atoms with Crippen molar-refractivity contribution < 1.29 is 14.0 Å². The van der Waals surface area contributed by atoms with Gasteiger partial charge in [-0.2, -0.15) is 4.68 Å². The number of hydrogen-bond donors (Lipinski definition) is 1. The smallest absolute Gasteiger partial charge is 0.237 e. The van der Waals surface area contributed by atoms with Gasteiger partial charge in [-0.1, -0.05) is 37.2 Å². The number of carbonyl (C=O) groups excluding carboxylic acids is 2. The fourth-order valence-corrected chi connectivity index (χ4v) is 3.83. The predicted molar refractivity (Wildman–Crippen MR) is 121 cm³/mol. The van der Waals surface area contributed by atoms with Crippen LogP contribution in [0, 0.1) is 5.82 Å². The highest BCUT2D eigenvalue weighted by molar-refractivity contribution is 7.99. The molecular weight excluding hydrogens is 431 g/mol. The molecule has 0 fully saturated rings. The van der Waals surface area contributed by atoms with Gasteiger partial charge in [0, 0.05) is 18.7 Å². The van der Waals surface area contributed by atoms with E-state index in [1.54, 1.807) is 4.68 Å². The lowest BCUT2D eigenvalue weighted by atomic mass is 10.1. The van der Waals surface area contributed by atoms with Crippen LogP contribution < -0.4 is 10.6 Å². The number of unbranched alkanes of at least 4 members (excludes halogenated alkanes) is 1. The number of thioether (sulfide) groups is 1. The Labute approximate surface area is 190 Å². The SMILES string of the molecule is CCCCc1ccc(-n2nnnc2SCC(=O)N(CCC(N)=O)c2ccc(F)cc2)cc1. The second kappa shape index (κ2) is 11.4. The molecule has 0 radical (unpaired) electrons. The summed E-state index contributed by atoms with van der Waals surface area (Å²) in [6.45, 7) is 2.26. The number of hydrogen-bond acceptors (Lipinski definition) is 6. The van der Waals surface area contributed by atoms with E-state index in [2.05, 4.69) is 22.4 Å². The molecular formula is C22H25FN6O2S. The molecule has 2 aromatic carbocycles. The highest BCUT2D eigenvalue weighted by Crippen LogP contribution is 2.22. The molecule has 0 saturated carbocycles. The van der Waals surface area contributed by atoms with E-state index < -0.39 is 11.7 Å². The van der Waals surface area contributed by atoms with E-state index in [-0.39, 0.29) is 24.6 Å². The molecule has 0 bridgehead atoms. The summed E-state index contributed by atoms with van der Waals surface area (Å²) in [7, 11) is 0. The van der Waals surface area contributed by atoms with Gasteiger partial charge >= 0.3 is 0 Å². The van der Waals surface area contributed by atoms with Crippen molar-refractivity contribution >= 4 is 29.3 Å². The topological polar surface area (TPSA) is 107 Å². The number of aromatic nitrogens is 4. The van der Waals surface area contributed by atoms with Crippen LogP contribution in [0.5, 0.6) is 0 Å². The molecule has 1 aromatic heterocycles. The molecule has 168 valence electrons. The monoisotopic (exact) mass is 456 g/mol. The van der Waals surface area contributed by atoms with Crippen LogP contribution in [0.1, 0.15) is 31.7 Å². The van der Waals surface area contributed by atoms with Gasteiger partial charge in [0.25, 0.3) is 0 Å². The van der Waals surface area contributed by atoms with E-state index in [4.69, 9.17) is 5.73 Å². The van der Waals surface area contributed by atoms with Gasteiger partial charge < -0.3 is 10.6 Å². The van der Waals surface area contributed by atoms with Crippen LogP contribution in [0.3, 0.4) is 0 Å². The summed E-state index contributed by atoms with van der Waals surface area (Å²) in [6, 6.07) is 13.5. The van der Waals surface area contributed by atoms with Gasteiger partial charge in [0.05, 0.1) is 11.4 Å². The Balaban J connectivity index is 1.69. The number of amides is 2. The minimum absolute atomic E-state index is 0.00407. The van der Waals surface area contributed by atoms with Crippen LogP contribution in [-0.4, -0.2) is 44.3 Å². The molecule has 0 spiro atoms. The van der Waals surface area contributed by atoms with Crippen LogP contribution >= 0.6 is 11.8 Å². The summed E-state index contributed by atoms with van der Waals surface area (Å²) < 4.78 is 14.9. The lowest BCUT2D eigenvalue weighted by Crippen LogP contribution is -2.35. The first-order valence-electron chi connectivity index (χ1n) is 10.3. The number of primary amides is 1. The first-order chi connectivity index (χ1) is 15.5. The second-order valence-electron chi connectivity index (χ2n) is 7.17. The summed E-state index contributed by atoms with van der Waals surface area (Å²) in [5.41, 5.74) is 7.78. The molecule has 0 aliphatic rings. The quantitative estimate of drug-likeness (QED) is 0.444. The van der Waals surface area contributed by atoms with Crippen LogP contribution in [0.15, 0.2) is 53.7 Å². The fraction of sp³-hybridized carbons (Fsp3) is 0.318. The van der Waals surface area contributed by atoms with Crippen LogP contribution in [0.4, 0.5) is 10.1 Å². The van der Waals surface area contributed by atoms with Crippen molar-refractivity contribution in [2.45, 2.75) is 37.8 Å². The number of halogens is 1. The molecule has 3 aromatic rings. The minimum atomic E-state index is -0.524. The number of carbonyl (C=O) groups is 2. The van der Waals surface area contributed by atoms with Crippen molar-refractivity contribution in [3.8, 4) is 5.69 Å². The highest BCUT2D eigenvalue weighted by Gasteiger charge is 2.19. The number of anilines is 1. The number of benzene rings is 2. The summed E-state index contributed by atoms with van der Waals surface area (Å²) in [6.07, 6.45) is 3.29. The molecule has 8 nitrogen and oxygen atoms in total. The Morgan fingerprint density at radius 1 is 1.12 bits per heavy atom. The van der Waals surface area contributed by atoms with E-state index in [1.807, 2.05) is 24.3 Å². The lowest BCUT2D eigenvalue weighted by Gasteiger charge is -2.22. The molecule has 0 aliphatic heterocycles. The normalized spacial score (nSPS) is 10.8. The molecule has 32 heavy (non-hydrogen) atoms. The van der Waals surface area contributed by atoms with Gasteiger partial charge in [0.15, 0.2) is 0 Å². The van der Waals surface area contributed by atoms with Gasteiger partial charge in [-0.3, -0.25) is 9.59 Å². The summed E-state index contributed by atoms with van der Waals surface area (Å²) in [5.74, 6) is -1.17. The molecule has 0 atom stereocenters. The lowest BCUT2D eigenvalue weighted by molar-refractivity contribution is -0.118. The van der Waals surface area contributed by atoms with Gasteiger partial charge in [-0.05, 0) is 65.2 Å². The van der Waals surface area contributed by atoms with Gasteiger partial charge in [0.1, 0.15) is 5.82 Å². The van der Waals surface area contributed by atoms with Crippen molar-refractivity contribution in [2.24, 2.45) is 5.73 Å². The standard InChI is InChI=1S/C22H25FN6O2S/c1-2-3-4-16-5-9-19(10-6-16)29-22(25-26-27-29)32-15-21(31)28(14-13-20(24)30)18-11-7-17(23)8-12-18/h5-12H,2-4,13-15H2,1H3,(H2,24,30). The van der Waals surface area contributed by atoms with Crippen molar-refractivity contribution in [1.29, 1.82) is 0 Å². The zero-order valence-corrected chi connectivity index (χ0v) is 18.6. The summed E-state index contributed by atoms with van der Waals surface area (Å²) in [5, 5.41) is 12.3. The molecule has 0 unspecified atom stereocenters. The van der Waals surface area contributed by atoms with Crippen molar-refractivity contribution in [3.63, 3.8) is 0 Å². The number of nitrogens with two attached hydrogens (primary N) is 1. The maximum atomic E-state index is 13.3. The van der Waals surface area contributed by atoms with E-state index in [1.165, 1.54) is 46.5 Å². The van der Waals surface area contributed by atoms with Gasteiger partial charge in [-0.25, -0.2) is 4.39 Å². The third kappa shape index (κ3) is 6.36. The van der Waals surface area contributed by atoms with Crippen LogP contribution in [0.25, 0.3) is 5.69 Å². The van der Waals surface area contributed by atoms with E-state index in [9.17, 15) is 14.0 Å². The van der Waals surface area contributed by atoms with Crippen molar-refractivity contribution in [2.75, 3.05) is 17.2 Å². The first-order valence-corrected chi connectivity index (χ1v) is 11.3. The number of nitrogens with zero attached hydrogens (tertiary/aromatic N) is 5. The number of tetrazole rings is 1. The third-order valence-electron chi connectivity index (χ3n) is 4.79. The van der Waals surface area contributed by atoms with E-state index in [0.29, 0.717) is 10.8 Å². The number of rotatable bonds is 11. The Morgan fingerprint density at radius 3 is 2.50 bits per heavy atom. The largest absolute Gasteiger partial charge is 0.370 e. The third-order valence-corrected chi connectivity index (χ3v) is 5.69. The van der Waals surface area contributed by atoms with Crippen molar-refractivity contribution in [3.05, 3.63) is 59.9 Å². The summed E-state index contributed by atoms with van der Waals surface area (Å²) in [4.78, 5) is 25.6. The molecule has 2 N–H and O–H groups in total. The van der Waals surface area contributed by atoms with E-state index >= 15 is 0 Å². The maximum Gasteiger partial charge on any atom is 0.237 e. The Kier molecular flexibility index (Phi) is 8.32. The molecule has 0 aliphatic carbocycles. The molecule has 3 rings (SSSR count). The highest BCUT2D eigenvalue weighted by atomic mass is 32.2. The Hall–Kier alpha value is -3.27. The minimum Gasteiger partial charge on any atom is -0.370 e. The average Bonchev–Trinajstić information content (AvgIpc) is 3.26. The first kappa shape index (κ1) is 23.4. The average molecular weight is 457 g/mol. The zero-order valence-electron chi connectivity index (χ0n) is 17.8. The predicted octanol–water partition coefficient (Wildman–Crippen LogP) is 3.14. The zero-order chi connectivity index (χ0) is 22.9. The fourth-order valence-electron chi connectivity index (χ4n) is 3.06. The maximum absolute atomic E-state index is 13.3. The number of aryl methyl sites for hydroxylation is 1. The van der Waals surface area contributed by atoms with Gasteiger partial charge in [-0.15, -0.1) is 5.10 Å². The van der Waals surface area contributed by atoms with Gasteiger partial charge in [0.2, 0.25) is 17.0 Å². The molecule has 10 heteroatoms. The molecule has 1 heterocycles. The van der Waals surface area contributed by atoms with E-state index in [0.717, 1.165) is 24.9 Å². The second-order valence-corrected chi connectivity index (χ2v) is 8.11.